The summed E-state index contributed by atoms with van der Waals surface area (Å²) in [7, 11) is 0. The number of hydrogen-bond acceptors (Lipinski definition) is 2. The number of nitrogens with one attached hydrogen (secondary N) is 1. The van der Waals surface area contributed by atoms with Crippen molar-refractivity contribution in [2.75, 3.05) is 4.90 Å². The highest BCUT2D eigenvalue weighted by molar-refractivity contribution is 9.10. The highest BCUT2D eigenvalue weighted by atomic mass is 79.9. The average molecular weight is 510 g/mol. The van der Waals surface area contributed by atoms with Crippen molar-refractivity contribution in [2.24, 2.45) is 0 Å². The van der Waals surface area contributed by atoms with Gasteiger partial charge in [-0.25, -0.2) is 0 Å². The molecule has 2 atom stereocenters. The monoisotopic (exact) mass is 508 g/mol. The first-order valence-corrected chi connectivity index (χ1v) is 11.4. The van der Waals surface area contributed by atoms with Gasteiger partial charge in [-0.3, -0.25) is 4.98 Å². The lowest BCUT2D eigenvalue weighted by Crippen LogP contribution is -2.30. The Labute approximate surface area is 199 Å². The van der Waals surface area contributed by atoms with E-state index < -0.39 is 0 Å². The van der Waals surface area contributed by atoms with E-state index in [9.17, 15) is 0 Å². The van der Waals surface area contributed by atoms with Crippen LogP contribution in [0.15, 0.2) is 95.7 Å². The van der Waals surface area contributed by atoms with Crippen LogP contribution in [0.3, 0.4) is 0 Å². The molecule has 31 heavy (non-hydrogen) atoms. The maximum Gasteiger partial charge on any atom is 0.174 e. The van der Waals surface area contributed by atoms with Gasteiger partial charge in [0.15, 0.2) is 5.11 Å². The van der Waals surface area contributed by atoms with E-state index in [1.54, 1.807) is 0 Å². The summed E-state index contributed by atoms with van der Waals surface area (Å²) < 4.78 is 3.18. The van der Waals surface area contributed by atoms with Crippen molar-refractivity contribution in [3.8, 4) is 5.69 Å². The minimum Gasteiger partial charge on any atom is -0.351 e. The zero-order chi connectivity index (χ0) is 21.4. The molecule has 1 aliphatic rings. The standard InChI is InChI=1S/C24H18BrClN4S/c25-16-9-11-18(12-10-16)30-23(22(28-24(30)31)20-7-1-2-13-27-20)21-8-4-14-29(21)19-6-3-5-17(26)15-19/h1-15,22-23H,(H,28,31). The van der Waals surface area contributed by atoms with Crippen LogP contribution < -0.4 is 10.2 Å². The van der Waals surface area contributed by atoms with E-state index in [1.807, 2.05) is 60.8 Å². The van der Waals surface area contributed by atoms with Crippen LogP contribution in [0.25, 0.3) is 5.69 Å². The van der Waals surface area contributed by atoms with E-state index >= 15 is 0 Å². The van der Waals surface area contributed by atoms with Crippen LogP contribution in [-0.4, -0.2) is 14.7 Å². The maximum atomic E-state index is 6.29. The number of anilines is 1. The van der Waals surface area contributed by atoms with E-state index in [0.717, 1.165) is 27.2 Å². The van der Waals surface area contributed by atoms with Gasteiger partial charge in [-0.05, 0) is 78.9 Å². The van der Waals surface area contributed by atoms with Crippen LogP contribution in [0.4, 0.5) is 5.69 Å². The third-order valence-electron chi connectivity index (χ3n) is 5.37. The third kappa shape index (κ3) is 3.87. The molecule has 3 heterocycles. The van der Waals surface area contributed by atoms with Gasteiger partial charge < -0.3 is 14.8 Å². The van der Waals surface area contributed by atoms with Gasteiger partial charge in [-0.1, -0.05) is 39.7 Å². The SMILES string of the molecule is S=C1NC(c2ccccn2)C(c2cccn2-c2cccc(Cl)c2)N1c1ccc(Br)cc1. The molecule has 4 nitrogen and oxygen atoms in total. The fraction of sp³-hybridized carbons (Fsp3) is 0.0833. The molecule has 7 heteroatoms. The van der Waals surface area contributed by atoms with Crippen molar-refractivity contribution in [3.05, 3.63) is 112 Å². The second-order valence-electron chi connectivity index (χ2n) is 7.26. The van der Waals surface area contributed by atoms with Crippen LogP contribution in [-0.2, 0) is 0 Å². The molecule has 0 bridgehead atoms. The van der Waals surface area contributed by atoms with Gasteiger partial charge in [0.05, 0.1) is 11.7 Å². The molecule has 1 saturated heterocycles. The van der Waals surface area contributed by atoms with Gasteiger partial charge in [0.1, 0.15) is 6.04 Å². The summed E-state index contributed by atoms with van der Waals surface area (Å²) in [4.78, 5) is 6.79. The Balaban J connectivity index is 1.67. The normalized spacial score (nSPS) is 18.3. The molecule has 0 radical (unpaired) electrons. The molecule has 1 aliphatic heterocycles. The van der Waals surface area contributed by atoms with Gasteiger partial charge in [-0.2, -0.15) is 0 Å². The molecule has 0 spiro atoms. The lowest BCUT2D eigenvalue weighted by molar-refractivity contribution is 0.549. The van der Waals surface area contributed by atoms with Crippen molar-refractivity contribution < 1.29 is 0 Å². The Morgan fingerprint density at radius 1 is 0.935 bits per heavy atom. The average Bonchev–Trinajstić information content (AvgIpc) is 3.39. The van der Waals surface area contributed by atoms with Crippen LogP contribution in [0.2, 0.25) is 5.02 Å². The zero-order valence-corrected chi connectivity index (χ0v) is 19.5. The van der Waals surface area contributed by atoms with Crippen molar-refractivity contribution in [2.45, 2.75) is 12.1 Å². The Bertz CT molecular complexity index is 1230. The molecule has 154 valence electrons. The molecule has 2 aromatic carbocycles. The van der Waals surface area contributed by atoms with Gasteiger partial charge in [0.2, 0.25) is 0 Å². The van der Waals surface area contributed by atoms with Gasteiger partial charge in [0.25, 0.3) is 0 Å². The molecule has 0 saturated carbocycles. The minimum atomic E-state index is -0.106. The summed E-state index contributed by atoms with van der Waals surface area (Å²) in [6.45, 7) is 0. The van der Waals surface area contributed by atoms with E-state index in [4.69, 9.17) is 23.8 Å². The first kappa shape index (κ1) is 20.2. The largest absolute Gasteiger partial charge is 0.351 e. The molecular formula is C24H18BrClN4S. The highest BCUT2D eigenvalue weighted by Gasteiger charge is 2.42. The molecule has 1 fully saturated rings. The topological polar surface area (TPSA) is 33.1 Å². The molecule has 2 aromatic heterocycles. The van der Waals surface area contributed by atoms with Crippen molar-refractivity contribution in [1.82, 2.24) is 14.9 Å². The van der Waals surface area contributed by atoms with E-state index in [-0.39, 0.29) is 12.1 Å². The van der Waals surface area contributed by atoms with Crippen molar-refractivity contribution in [3.63, 3.8) is 0 Å². The number of pyridine rings is 1. The third-order valence-corrected chi connectivity index (χ3v) is 6.45. The summed E-state index contributed by atoms with van der Waals surface area (Å²) in [6, 6.07) is 26.0. The number of benzene rings is 2. The first-order valence-electron chi connectivity index (χ1n) is 9.81. The summed E-state index contributed by atoms with van der Waals surface area (Å²) in [6.07, 6.45) is 3.87. The van der Waals surface area contributed by atoms with Crippen molar-refractivity contribution >= 4 is 50.5 Å². The molecular weight excluding hydrogens is 492 g/mol. The highest BCUT2D eigenvalue weighted by Crippen LogP contribution is 2.42. The molecule has 4 aromatic rings. The van der Waals surface area contributed by atoms with Crippen LogP contribution in [0, 0.1) is 0 Å². The van der Waals surface area contributed by atoms with E-state index in [2.05, 4.69) is 66.2 Å². The molecule has 0 amide bonds. The van der Waals surface area contributed by atoms with Crippen LogP contribution in [0.1, 0.15) is 23.5 Å². The summed E-state index contributed by atoms with van der Waals surface area (Å²) >= 11 is 15.6. The number of nitrogens with zero attached hydrogens (tertiary/aromatic N) is 3. The summed E-state index contributed by atoms with van der Waals surface area (Å²) in [5, 5.41) is 4.87. The number of aromatic nitrogens is 2. The Morgan fingerprint density at radius 2 is 1.77 bits per heavy atom. The lowest BCUT2D eigenvalue weighted by Gasteiger charge is -2.29. The lowest BCUT2D eigenvalue weighted by atomic mass is 10.0. The smallest absolute Gasteiger partial charge is 0.174 e. The molecule has 5 rings (SSSR count). The first-order chi connectivity index (χ1) is 15.1. The second kappa shape index (κ2) is 8.46. The quantitative estimate of drug-likeness (QED) is 0.320. The zero-order valence-electron chi connectivity index (χ0n) is 16.3. The molecule has 0 aliphatic carbocycles. The fourth-order valence-corrected chi connectivity index (χ4v) is 4.83. The Morgan fingerprint density at radius 3 is 2.52 bits per heavy atom. The minimum absolute atomic E-state index is 0.0995. The Kier molecular flexibility index (Phi) is 5.52. The number of rotatable bonds is 4. The van der Waals surface area contributed by atoms with Crippen LogP contribution >= 0.6 is 39.7 Å². The number of thiocarbonyl (C=S) groups is 1. The summed E-state index contributed by atoms with van der Waals surface area (Å²) in [5.41, 5.74) is 4.05. The summed E-state index contributed by atoms with van der Waals surface area (Å²) in [5.74, 6) is 0. The number of hydrogen-bond donors (Lipinski definition) is 1. The van der Waals surface area contributed by atoms with Crippen LogP contribution in [0.5, 0.6) is 0 Å². The van der Waals surface area contributed by atoms with E-state index in [1.165, 1.54) is 0 Å². The van der Waals surface area contributed by atoms with Gasteiger partial charge >= 0.3 is 0 Å². The van der Waals surface area contributed by atoms with Gasteiger partial charge in [0, 0.05) is 39.0 Å². The predicted octanol–water partition coefficient (Wildman–Crippen LogP) is 6.47. The maximum absolute atomic E-state index is 6.29. The van der Waals surface area contributed by atoms with Gasteiger partial charge in [-0.15, -0.1) is 0 Å². The van der Waals surface area contributed by atoms with E-state index in [0.29, 0.717) is 10.1 Å². The predicted molar refractivity (Wildman–Crippen MR) is 133 cm³/mol. The fourth-order valence-electron chi connectivity index (χ4n) is 4.03. The molecule has 2 unspecified atom stereocenters. The van der Waals surface area contributed by atoms with Crippen molar-refractivity contribution in [1.29, 1.82) is 0 Å². The molecule has 1 N–H and O–H groups in total. The Hall–Kier alpha value is -2.67. The second-order valence-corrected chi connectivity index (χ2v) is 8.99. The number of halogens is 2.